The molecule has 0 aromatic carbocycles. The van der Waals surface area contributed by atoms with Gasteiger partial charge in [0.1, 0.15) is 5.54 Å². The highest BCUT2D eigenvalue weighted by molar-refractivity contribution is 5.78. The average Bonchev–Trinajstić information content (AvgIpc) is 2.92. The molecule has 2 aliphatic carbocycles. The summed E-state index contributed by atoms with van der Waals surface area (Å²) in [5, 5.41) is 12.7. The quantitative estimate of drug-likeness (QED) is 0.726. The number of nitrogens with zero attached hydrogens (tertiary/aromatic N) is 1. The minimum Gasteiger partial charge on any atom is -0.480 e. The van der Waals surface area contributed by atoms with Gasteiger partial charge in [0.2, 0.25) is 0 Å². The van der Waals surface area contributed by atoms with Gasteiger partial charge in [0.05, 0.1) is 0 Å². The van der Waals surface area contributed by atoms with Crippen molar-refractivity contribution in [3.05, 3.63) is 0 Å². The molecule has 4 nitrogen and oxygen atoms in total. The molecule has 18 heavy (non-hydrogen) atoms. The van der Waals surface area contributed by atoms with Crippen LogP contribution < -0.4 is 5.32 Å². The van der Waals surface area contributed by atoms with Gasteiger partial charge in [-0.25, -0.2) is 0 Å². The molecule has 1 atom stereocenters. The number of carboxylic acids is 1. The number of likely N-dealkylation sites (N-methyl/N-ethyl adjacent to an activating group) is 1. The fraction of sp³-hybridized carbons (Fsp3) is 0.929. The summed E-state index contributed by atoms with van der Waals surface area (Å²) >= 11 is 0. The zero-order valence-electron chi connectivity index (χ0n) is 11.6. The van der Waals surface area contributed by atoms with Crippen LogP contribution in [0, 0.1) is 5.92 Å². The third-order valence-electron chi connectivity index (χ3n) is 4.20. The Morgan fingerprint density at radius 3 is 2.44 bits per heavy atom. The summed E-state index contributed by atoms with van der Waals surface area (Å²) in [7, 11) is 2.05. The number of aliphatic carboxylic acids is 1. The van der Waals surface area contributed by atoms with Gasteiger partial charge in [0, 0.05) is 19.1 Å². The number of hydrogen-bond donors (Lipinski definition) is 2. The number of nitrogens with one attached hydrogen (secondary N) is 1. The molecule has 0 heterocycles. The number of hydrogen-bond acceptors (Lipinski definition) is 3. The zero-order chi connectivity index (χ0) is 13.2. The van der Waals surface area contributed by atoms with E-state index in [1.807, 2.05) is 14.0 Å². The minimum absolute atomic E-state index is 0.422. The first-order valence-corrected chi connectivity index (χ1v) is 7.19. The second-order valence-electron chi connectivity index (χ2n) is 6.40. The lowest BCUT2D eigenvalue weighted by atomic mass is 10.0. The summed E-state index contributed by atoms with van der Waals surface area (Å²) in [6, 6.07) is 0.422. The van der Waals surface area contributed by atoms with Crippen LogP contribution in [0.2, 0.25) is 0 Å². The van der Waals surface area contributed by atoms with Gasteiger partial charge in [0.25, 0.3) is 0 Å². The Hall–Kier alpha value is -0.610. The van der Waals surface area contributed by atoms with E-state index in [2.05, 4.69) is 10.2 Å². The zero-order valence-corrected chi connectivity index (χ0v) is 11.6. The first kappa shape index (κ1) is 13.8. The molecule has 0 radical (unpaired) electrons. The Labute approximate surface area is 110 Å². The molecule has 0 aromatic rings. The monoisotopic (exact) mass is 254 g/mol. The largest absolute Gasteiger partial charge is 0.480 e. The normalized spacial score (nSPS) is 24.4. The molecule has 0 aromatic heterocycles. The Kier molecular flexibility index (Phi) is 4.28. The lowest BCUT2D eigenvalue weighted by Gasteiger charge is -2.32. The molecule has 0 bridgehead atoms. The Bertz CT molecular complexity index is 298. The van der Waals surface area contributed by atoms with E-state index in [0.717, 1.165) is 25.3 Å². The smallest absolute Gasteiger partial charge is 0.324 e. The van der Waals surface area contributed by atoms with Crippen LogP contribution in [0.25, 0.3) is 0 Å². The SMILES string of the molecule is CN(CC1CCCC1)CC(C)(NC1CC1)C(=O)O. The molecular formula is C14H26N2O2. The van der Waals surface area contributed by atoms with Crippen molar-refractivity contribution >= 4 is 5.97 Å². The number of rotatable bonds is 7. The van der Waals surface area contributed by atoms with Gasteiger partial charge < -0.3 is 10.0 Å². The molecule has 2 saturated carbocycles. The van der Waals surface area contributed by atoms with E-state index >= 15 is 0 Å². The van der Waals surface area contributed by atoms with E-state index in [9.17, 15) is 9.90 Å². The second-order valence-corrected chi connectivity index (χ2v) is 6.40. The van der Waals surface area contributed by atoms with E-state index in [1.54, 1.807) is 0 Å². The van der Waals surface area contributed by atoms with Crippen LogP contribution in [-0.4, -0.2) is 47.7 Å². The minimum atomic E-state index is -0.797. The molecule has 2 fully saturated rings. The highest BCUT2D eigenvalue weighted by atomic mass is 16.4. The summed E-state index contributed by atoms with van der Waals surface area (Å²) in [4.78, 5) is 13.7. The van der Waals surface area contributed by atoms with E-state index in [0.29, 0.717) is 12.6 Å². The molecule has 4 heteroatoms. The van der Waals surface area contributed by atoms with Crippen molar-refractivity contribution in [2.75, 3.05) is 20.1 Å². The molecule has 0 aliphatic heterocycles. The maximum absolute atomic E-state index is 11.5. The Morgan fingerprint density at radius 1 is 1.33 bits per heavy atom. The van der Waals surface area contributed by atoms with E-state index < -0.39 is 11.5 Å². The Morgan fingerprint density at radius 2 is 1.94 bits per heavy atom. The van der Waals surface area contributed by atoms with Gasteiger partial charge in [0.15, 0.2) is 0 Å². The van der Waals surface area contributed by atoms with Gasteiger partial charge in [-0.2, -0.15) is 0 Å². The third kappa shape index (κ3) is 3.69. The molecule has 2 N–H and O–H groups in total. The fourth-order valence-electron chi connectivity index (χ4n) is 3.09. The summed E-state index contributed by atoms with van der Waals surface area (Å²) in [6.45, 7) is 3.45. The second kappa shape index (κ2) is 5.57. The fourth-order valence-corrected chi connectivity index (χ4v) is 3.09. The highest BCUT2D eigenvalue weighted by Gasteiger charge is 2.39. The lowest BCUT2D eigenvalue weighted by molar-refractivity contribution is -0.145. The predicted octanol–water partition coefficient (Wildman–Crippen LogP) is 1.70. The van der Waals surface area contributed by atoms with Crippen molar-refractivity contribution in [3.63, 3.8) is 0 Å². The topological polar surface area (TPSA) is 52.6 Å². The van der Waals surface area contributed by atoms with Crippen molar-refractivity contribution < 1.29 is 9.90 Å². The van der Waals surface area contributed by atoms with Crippen LogP contribution in [0.15, 0.2) is 0 Å². The molecule has 2 rings (SSSR count). The van der Waals surface area contributed by atoms with Crippen LogP contribution in [0.5, 0.6) is 0 Å². The first-order valence-electron chi connectivity index (χ1n) is 7.19. The molecule has 104 valence electrons. The first-order chi connectivity index (χ1) is 8.49. The summed E-state index contributed by atoms with van der Waals surface area (Å²) in [5.41, 5.74) is -0.797. The average molecular weight is 254 g/mol. The highest BCUT2D eigenvalue weighted by Crippen LogP contribution is 2.26. The predicted molar refractivity (Wildman–Crippen MR) is 71.7 cm³/mol. The van der Waals surface area contributed by atoms with Crippen LogP contribution in [0.4, 0.5) is 0 Å². The molecule has 1 unspecified atom stereocenters. The van der Waals surface area contributed by atoms with Crippen LogP contribution >= 0.6 is 0 Å². The van der Waals surface area contributed by atoms with Crippen molar-refractivity contribution in [1.29, 1.82) is 0 Å². The van der Waals surface area contributed by atoms with E-state index in [-0.39, 0.29) is 0 Å². The van der Waals surface area contributed by atoms with E-state index in [1.165, 1.54) is 25.7 Å². The van der Waals surface area contributed by atoms with Crippen molar-refractivity contribution in [2.45, 2.75) is 57.0 Å². The number of carbonyl (C=O) groups is 1. The summed E-state index contributed by atoms with van der Waals surface area (Å²) in [5.74, 6) is 0.0432. The summed E-state index contributed by atoms with van der Waals surface area (Å²) < 4.78 is 0. The van der Waals surface area contributed by atoms with Crippen LogP contribution in [0.1, 0.15) is 45.4 Å². The Balaban J connectivity index is 1.84. The molecule has 0 saturated heterocycles. The van der Waals surface area contributed by atoms with Gasteiger partial charge in [-0.3, -0.25) is 10.1 Å². The van der Waals surface area contributed by atoms with Gasteiger partial charge in [-0.05, 0) is 45.6 Å². The maximum atomic E-state index is 11.5. The van der Waals surface area contributed by atoms with Gasteiger partial charge >= 0.3 is 5.97 Å². The van der Waals surface area contributed by atoms with Gasteiger partial charge in [-0.1, -0.05) is 12.8 Å². The lowest BCUT2D eigenvalue weighted by Crippen LogP contribution is -2.57. The van der Waals surface area contributed by atoms with Crippen molar-refractivity contribution in [1.82, 2.24) is 10.2 Å². The summed E-state index contributed by atoms with van der Waals surface area (Å²) in [6.07, 6.45) is 7.54. The van der Waals surface area contributed by atoms with Crippen molar-refractivity contribution in [3.8, 4) is 0 Å². The maximum Gasteiger partial charge on any atom is 0.324 e. The van der Waals surface area contributed by atoms with Crippen LogP contribution in [-0.2, 0) is 4.79 Å². The molecular weight excluding hydrogens is 228 g/mol. The van der Waals surface area contributed by atoms with Crippen LogP contribution in [0.3, 0.4) is 0 Å². The van der Waals surface area contributed by atoms with E-state index in [4.69, 9.17) is 0 Å². The standard InChI is InChI=1S/C14H26N2O2/c1-14(13(17)18,15-12-7-8-12)10-16(2)9-11-5-3-4-6-11/h11-12,15H,3-10H2,1-2H3,(H,17,18). The number of carboxylic acid groups (broad SMARTS) is 1. The van der Waals surface area contributed by atoms with Gasteiger partial charge in [-0.15, -0.1) is 0 Å². The molecule has 2 aliphatic rings. The molecule has 0 spiro atoms. The van der Waals surface area contributed by atoms with Crippen molar-refractivity contribution in [2.24, 2.45) is 5.92 Å². The molecule has 0 amide bonds. The third-order valence-corrected chi connectivity index (χ3v) is 4.20.